The molecule has 0 radical (unpaired) electrons. The van der Waals surface area contributed by atoms with Crippen LogP contribution >= 0.6 is 36.6 Å². The van der Waals surface area contributed by atoms with Gasteiger partial charge in [0.15, 0.2) is 0 Å². The van der Waals surface area contributed by atoms with Crippen molar-refractivity contribution in [3.8, 4) is 0 Å². The normalized spacial score (nSPS) is 16.9. The fraction of sp³-hybridized carbons (Fsp3) is 0.360. The molecule has 2 aliphatic heterocycles. The van der Waals surface area contributed by atoms with E-state index in [4.69, 9.17) is 0 Å². The van der Waals surface area contributed by atoms with Crippen molar-refractivity contribution in [1.82, 2.24) is 19.6 Å². The number of carbonyl (C=O) groups is 1. The van der Waals surface area contributed by atoms with Crippen LogP contribution in [-0.4, -0.2) is 39.8 Å². The minimum Gasteiger partial charge on any atom is -0.352 e. The second-order valence-electron chi connectivity index (χ2n) is 8.46. The third kappa shape index (κ3) is 5.57. The summed E-state index contributed by atoms with van der Waals surface area (Å²) in [5.74, 6) is 0.701. The number of pyridine rings is 1. The lowest BCUT2D eigenvalue weighted by atomic mass is 9.92. The molecule has 0 spiro atoms. The fourth-order valence-corrected chi connectivity index (χ4v) is 5.65. The Labute approximate surface area is 211 Å². The Bertz CT molecular complexity index is 1110. The quantitative estimate of drug-likeness (QED) is 0.474. The summed E-state index contributed by atoms with van der Waals surface area (Å²) < 4.78 is 2.09. The van der Waals surface area contributed by atoms with Gasteiger partial charge in [-0.1, -0.05) is 48.2 Å². The SMILES string of the molecule is CC(c1ccccc1)N1CCC(CCNC(=O)C2=Cc3cnc4cccc(n34)S2)CC1.Cl.Cl. The van der Waals surface area contributed by atoms with E-state index >= 15 is 0 Å². The number of likely N-dealkylation sites (tertiary alicyclic amines) is 1. The molecule has 5 rings (SSSR count). The molecule has 1 saturated heterocycles. The average Bonchev–Trinajstić information content (AvgIpc) is 3.24. The first-order valence-electron chi connectivity index (χ1n) is 11.1. The average molecular weight is 506 g/mol. The molecule has 2 aliphatic rings. The van der Waals surface area contributed by atoms with Gasteiger partial charge in [0.2, 0.25) is 0 Å². The van der Waals surface area contributed by atoms with Gasteiger partial charge in [-0.25, -0.2) is 4.98 Å². The lowest BCUT2D eigenvalue weighted by Gasteiger charge is -2.36. The van der Waals surface area contributed by atoms with Crippen LogP contribution in [0, 0.1) is 5.92 Å². The summed E-state index contributed by atoms with van der Waals surface area (Å²) in [6.07, 6.45) is 7.22. The second-order valence-corrected chi connectivity index (χ2v) is 9.52. The van der Waals surface area contributed by atoms with Crippen molar-refractivity contribution in [3.63, 3.8) is 0 Å². The predicted molar refractivity (Wildman–Crippen MR) is 140 cm³/mol. The zero-order valence-corrected chi connectivity index (χ0v) is 21.1. The minimum atomic E-state index is 0. The van der Waals surface area contributed by atoms with Gasteiger partial charge < -0.3 is 5.32 Å². The van der Waals surface area contributed by atoms with Crippen LogP contribution < -0.4 is 5.32 Å². The molecule has 1 unspecified atom stereocenters. The third-order valence-electron chi connectivity index (χ3n) is 6.56. The first-order valence-corrected chi connectivity index (χ1v) is 11.9. The van der Waals surface area contributed by atoms with Gasteiger partial charge >= 0.3 is 0 Å². The zero-order valence-electron chi connectivity index (χ0n) is 18.6. The number of hydrogen-bond donors (Lipinski definition) is 1. The highest BCUT2D eigenvalue weighted by atomic mass is 35.5. The molecule has 1 N–H and O–H groups in total. The molecule has 3 aromatic rings. The van der Waals surface area contributed by atoms with E-state index in [9.17, 15) is 4.79 Å². The van der Waals surface area contributed by atoms with Gasteiger partial charge in [-0.3, -0.25) is 14.1 Å². The molecule has 1 fully saturated rings. The summed E-state index contributed by atoms with van der Waals surface area (Å²) in [6, 6.07) is 17.2. The molecule has 5 nitrogen and oxygen atoms in total. The topological polar surface area (TPSA) is 49.6 Å². The molecule has 176 valence electrons. The molecular formula is C25H30Cl2N4OS. The van der Waals surface area contributed by atoms with E-state index < -0.39 is 0 Å². The van der Waals surface area contributed by atoms with Gasteiger partial charge in [0.25, 0.3) is 5.91 Å². The van der Waals surface area contributed by atoms with E-state index in [1.807, 2.05) is 30.5 Å². The van der Waals surface area contributed by atoms with E-state index in [0.29, 0.717) is 12.0 Å². The van der Waals surface area contributed by atoms with E-state index in [2.05, 4.69) is 56.9 Å². The number of nitrogens with zero attached hydrogens (tertiary/aromatic N) is 3. The number of halogens is 2. The highest BCUT2D eigenvalue weighted by Crippen LogP contribution is 2.34. The van der Waals surface area contributed by atoms with Crippen LogP contribution in [0.4, 0.5) is 0 Å². The lowest BCUT2D eigenvalue weighted by molar-refractivity contribution is -0.116. The maximum atomic E-state index is 12.8. The van der Waals surface area contributed by atoms with Crippen molar-refractivity contribution in [2.24, 2.45) is 5.92 Å². The van der Waals surface area contributed by atoms with E-state index in [0.717, 1.165) is 47.3 Å². The predicted octanol–water partition coefficient (Wildman–Crippen LogP) is 5.60. The Balaban J connectivity index is 0.00000153. The van der Waals surface area contributed by atoms with Crippen LogP contribution in [0.5, 0.6) is 0 Å². The van der Waals surface area contributed by atoms with Gasteiger partial charge in [-0.2, -0.15) is 0 Å². The number of amides is 1. The highest BCUT2D eigenvalue weighted by Gasteiger charge is 2.24. The number of carbonyl (C=O) groups excluding carboxylic acids is 1. The Kier molecular flexibility index (Phi) is 8.88. The molecule has 33 heavy (non-hydrogen) atoms. The highest BCUT2D eigenvalue weighted by molar-refractivity contribution is 8.04. The number of piperidine rings is 1. The number of aromatic nitrogens is 2. The summed E-state index contributed by atoms with van der Waals surface area (Å²) in [4.78, 5) is 20.5. The first kappa shape index (κ1) is 25.6. The van der Waals surface area contributed by atoms with Gasteiger partial charge in [0.1, 0.15) is 5.65 Å². The largest absolute Gasteiger partial charge is 0.352 e. The number of thioether (sulfide) groups is 1. The number of rotatable bonds is 6. The van der Waals surface area contributed by atoms with Crippen LogP contribution in [0.25, 0.3) is 11.7 Å². The van der Waals surface area contributed by atoms with Crippen LogP contribution in [0.15, 0.2) is 64.7 Å². The minimum absolute atomic E-state index is 0. The van der Waals surface area contributed by atoms with Crippen molar-refractivity contribution in [3.05, 3.63) is 70.9 Å². The van der Waals surface area contributed by atoms with E-state index in [1.54, 1.807) is 0 Å². The summed E-state index contributed by atoms with van der Waals surface area (Å²) in [7, 11) is 0. The monoisotopic (exact) mass is 504 g/mol. The van der Waals surface area contributed by atoms with Crippen molar-refractivity contribution < 1.29 is 4.79 Å². The first-order chi connectivity index (χ1) is 15.2. The number of imidazole rings is 1. The van der Waals surface area contributed by atoms with Crippen molar-refractivity contribution >= 4 is 54.2 Å². The molecule has 1 atom stereocenters. The number of nitrogens with one attached hydrogen (secondary N) is 1. The van der Waals surface area contributed by atoms with Crippen molar-refractivity contribution in [2.45, 2.75) is 37.3 Å². The standard InChI is InChI=1S/C25H28N4OS.2ClH/c1-18(20-6-3-2-4-7-20)28-14-11-19(12-15-28)10-13-26-25(30)22-16-21-17-27-23-8-5-9-24(31-22)29(21)23;;/h2-9,16-19H,10-15H2,1H3,(H,26,30);2*1H. The molecule has 8 heteroatoms. The molecule has 0 saturated carbocycles. The Morgan fingerprint density at radius 2 is 1.88 bits per heavy atom. The van der Waals surface area contributed by atoms with E-state index in [1.165, 1.54) is 30.2 Å². The fourth-order valence-electron chi connectivity index (χ4n) is 4.65. The van der Waals surface area contributed by atoms with E-state index in [-0.39, 0.29) is 30.7 Å². The number of benzene rings is 1. The Morgan fingerprint density at radius 1 is 1.12 bits per heavy atom. The zero-order chi connectivity index (χ0) is 21.2. The van der Waals surface area contributed by atoms with Gasteiger partial charge in [-0.15, -0.1) is 24.8 Å². The van der Waals surface area contributed by atoms with Crippen molar-refractivity contribution in [1.29, 1.82) is 0 Å². The summed E-state index contributed by atoms with van der Waals surface area (Å²) in [5, 5.41) is 4.18. The summed E-state index contributed by atoms with van der Waals surface area (Å²) >= 11 is 1.51. The van der Waals surface area contributed by atoms with Crippen LogP contribution in [-0.2, 0) is 4.79 Å². The summed E-state index contributed by atoms with van der Waals surface area (Å²) in [6.45, 7) is 5.30. The Morgan fingerprint density at radius 3 is 2.64 bits per heavy atom. The van der Waals surface area contributed by atoms with Crippen LogP contribution in [0.3, 0.4) is 0 Å². The van der Waals surface area contributed by atoms with Crippen LogP contribution in [0.2, 0.25) is 0 Å². The van der Waals surface area contributed by atoms with Gasteiger partial charge in [0.05, 0.1) is 21.8 Å². The molecule has 0 aliphatic carbocycles. The third-order valence-corrected chi connectivity index (χ3v) is 7.61. The molecule has 4 heterocycles. The lowest BCUT2D eigenvalue weighted by Crippen LogP contribution is -2.37. The number of hydrogen-bond acceptors (Lipinski definition) is 4. The molecule has 2 aromatic heterocycles. The molecular weight excluding hydrogens is 475 g/mol. The molecule has 1 amide bonds. The van der Waals surface area contributed by atoms with Crippen LogP contribution in [0.1, 0.15) is 43.5 Å². The maximum Gasteiger partial charge on any atom is 0.258 e. The molecule has 0 bridgehead atoms. The summed E-state index contributed by atoms with van der Waals surface area (Å²) in [5.41, 5.74) is 3.28. The van der Waals surface area contributed by atoms with Gasteiger partial charge in [0, 0.05) is 12.6 Å². The smallest absolute Gasteiger partial charge is 0.258 e. The van der Waals surface area contributed by atoms with Crippen molar-refractivity contribution in [2.75, 3.05) is 19.6 Å². The Hall–Kier alpha value is -1.99. The second kappa shape index (κ2) is 11.4. The maximum absolute atomic E-state index is 12.8. The molecule has 1 aromatic carbocycles. The van der Waals surface area contributed by atoms with Gasteiger partial charge in [-0.05, 0) is 69.0 Å².